The Bertz CT molecular complexity index is 581. The van der Waals surface area contributed by atoms with Crippen LogP contribution in [0, 0.1) is 0 Å². The molecule has 0 atom stereocenters. The molecule has 7 nitrogen and oxygen atoms in total. The quantitative estimate of drug-likeness (QED) is 0.711. The molecule has 1 aliphatic rings. The van der Waals surface area contributed by atoms with Gasteiger partial charge >= 0.3 is 6.03 Å². The van der Waals surface area contributed by atoms with E-state index in [-0.39, 0.29) is 18.4 Å². The molecule has 3 N–H and O–H groups in total. The Labute approximate surface area is 135 Å². The van der Waals surface area contributed by atoms with Crippen molar-refractivity contribution in [1.82, 2.24) is 20.9 Å². The predicted octanol–water partition coefficient (Wildman–Crippen LogP) is 0.466. The van der Waals surface area contributed by atoms with E-state index < -0.39 is 6.03 Å². The van der Waals surface area contributed by atoms with E-state index >= 15 is 0 Å². The summed E-state index contributed by atoms with van der Waals surface area (Å²) in [5.74, 6) is -0.446. The third-order valence-corrected chi connectivity index (χ3v) is 3.72. The Morgan fingerprint density at radius 3 is 2.26 bits per heavy atom. The minimum absolute atomic E-state index is 0.124. The minimum atomic E-state index is -0.499. The van der Waals surface area contributed by atoms with Crippen LogP contribution in [0.2, 0.25) is 0 Å². The monoisotopic (exact) mass is 318 g/mol. The van der Waals surface area contributed by atoms with Gasteiger partial charge in [-0.2, -0.15) is 0 Å². The topological polar surface area (TPSA) is 90.5 Å². The van der Waals surface area contributed by atoms with Crippen molar-refractivity contribution < 1.29 is 14.4 Å². The molecule has 0 heterocycles. The highest BCUT2D eigenvalue weighted by atomic mass is 16.2. The Morgan fingerprint density at radius 2 is 1.74 bits per heavy atom. The minimum Gasteiger partial charge on any atom is -0.355 e. The zero-order chi connectivity index (χ0) is 16.8. The molecule has 1 aromatic carbocycles. The fraction of sp³-hybridized carbons (Fsp3) is 0.438. The summed E-state index contributed by atoms with van der Waals surface area (Å²) in [6, 6.07) is 7.19. The highest BCUT2D eigenvalue weighted by Crippen LogP contribution is 2.28. The van der Waals surface area contributed by atoms with Gasteiger partial charge in [-0.25, -0.2) is 4.79 Å². The molecule has 1 fully saturated rings. The molecule has 0 unspecified atom stereocenters. The lowest BCUT2D eigenvalue weighted by Gasteiger charge is -2.21. The molecule has 23 heavy (non-hydrogen) atoms. The third kappa shape index (κ3) is 5.07. The number of rotatable bonds is 6. The summed E-state index contributed by atoms with van der Waals surface area (Å²) in [7, 11) is 3.06. The third-order valence-electron chi connectivity index (χ3n) is 3.72. The van der Waals surface area contributed by atoms with Gasteiger partial charge in [-0.3, -0.25) is 19.8 Å². The standard InChI is InChI=1S/C16H22N4O3/c1-17-15(22)12-5-3-11(4-6-12)9-20(13-7-8-13)10-14(21)19-16(23)18-2/h3-6,13H,7-10H2,1-2H3,(H,17,22)(H2,18,19,21,23). The van der Waals surface area contributed by atoms with Crippen LogP contribution in [-0.2, 0) is 11.3 Å². The van der Waals surface area contributed by atoms with Crippen LogP contribution in [0.4, 0.5) is 4.79 Å². The van der Waals surface area contributed by atoms with E-state index in [4.69, 9.17) is 0 Å². The molecular formula is C16H22N4O3. The second-order valence-corrected chi connectivity index (χ2v) is 5.54. The molecule has 1 saturated carbocycles. The molecule has 4 amide bonds. The molecule has 0 spiro atoms. The zero-order valence-corrected chi connectivity index (χ0v) is 13.4. The number of hydrogen-bond acceptors (Lipinski definition) is 4. The maximum absolute atomic E-state index is 11.9. The van der Waals surface area contributed by atoms with Crippen molar-refractivity contribution >= 4 is 17.8 Å². The van der Waals surface area contributed by atoms with Gasteiger partial charge in [0.25, 0.3) is 5.91 Å². The number of hydrogen-bond donors (Lipinski definition) is 3. The van der Waals surface area contributed by atoms with Crippen molar-refractivity contribution in [3.63, 3.8) is 0 Å². The first-order valence-corrected chi connectivity index (χ1v) is 7.60. The first kappa shape index (κ1) is 17.0. The Morgan fingerprint density at radius 1 is 1.09 bits per heavy atom. The van der Waals surface area contributed by atoms with Crippen LogP contribution in [0.3, 0.4) is 0 Å². The van der Waals surface area contributed by atoms with E-state index in [2.05, 4.69) is 16.0 Å². The largest absolute Gasteiger partial charge is 0.355 e. The fourth-order valence-corrected chi connectivity index (χ4v) is 2.31. The number of amides is 4. The summed E-state index contributed by atoms with van der Waals surface area (Å²) >= 11 is 0. The SMILES string of the molecule is CNC(=O)NC(=O)CN(Cc1ccc(C(=O)NC)cc1)C1CC1. The summed E-state index contributed by atoms with van der Waals surface area (Å²) in [5.41, 5.74) is 1.63. The predicted molar refractivity (Wildman–Crippen MR) is 85.9 cm³/mol. The molecule has 124 valence electrons. The molecule has 0 aliphatic heterocycles. The van der Waals surface area contributed by atoms with Gasteiger partial charge in [0.15, 0.2) is 0 Å². The smallest absolute Gasteiger partial charge is 0.321 e. The number of urea groups is 1. The molecule has 0 saturated heterocycles. The van der Waals surface area contributed by atoms with Crippen LogP contribution in [0.25, 0.3) is 0 Å². The Kier molecular flexibility index (Phi) is 5.70. The average molecular weight is 318 g/mol. The van der Waals surface area contributed by atoms with Crippen LogP contribution in [0.5, 0.6) is 0 Å². The van der Waals surface area contributed by atoms with E-state index in [1.54, 1.807) is 19.2 Å². The lowest BCUT2D eigenvalue weighted by atomic mass is 10.1. The second kappa shape index (κ2) is 7.73. The lowest BCUT2D eigenvalue weighted by Crippen LogP contribution is -2.43. The second-order valence-electron chi connectivity index (χ2n) is 5.54. The van der Waals surface area contributed by atoms with Crippen molar-refractivity contribution in [3.05, 3.63) is 35.4 Å². The normalized spacial score (nSPS) is 13.5. The highest BCUT2D eigenvalue weighted by Gasteiger charge is 2.30. The number of nitrogens with zero attached hydrogens (tertiary/aromatic N) is 1. The fourth-order valence-electron chi connectivity index (χ4n) is 2.31. The van der Waals surface area contributed by atoms with E-state index in [0.29, 0.717) is 18.2 Å². The van der Waals surface area contributed by atoms with Gasteiger partial charge < -0.3 is 10.6 Å². The van der Waals surface area contributed by atoms with Crippen LogP contribution in [-0.4, -0.2) is 49.4 Å². The molecule has 0 radical (unpaired) electrons. The van der Waals surface area contributed by atoms with Gasteiger partial charge in [-0.15, -0.1) is 0 Å². The zero-order valence-electron chi connectivity index (χ0n) is 13.4. The van der Waals surface area contributed by atoms with Crippen molar-refractivity contribution in [3.8, 4) is 0 Å². The lowest BCUT2D eigenvalue weighted by molar-refractivity contribution is -0.121. The summed E-state index contributed by atoms with van der Waals surface area (Å²) in [6.07, 6.45) is 2.12. The molecule has 0 aromatic heterocycles. The van der Waals surface area contributed by atoms with Gasteiger partial charge in [0.1, 0.15) is 0 Å². The van der Waals surface area contributed by atoms with Gasteiger partial charge in [0, 0.05) is 32.2 Å². The Hall–Kier alpha value is -2.41. The highest BCUT2D eigenvalue weighted by molar-refractivity contribution is 5.95. The molecule has 1 aliphatic carbocycles. The van der Waals surface area contributed by atoms with Crippen LogP contribution >= 0.6 is 0 Å². The first-order valence-electron chi connectivity index (χ1n) is 7.60. The maximum Gasteiger partial charge on any atom is 0.321 e. The molecular weight excluding hydrogens is 296 g/mol. The summed E-state index contributed by atoms with van der Waals surface area (Å²) < 4.78 is 0. The van der Waals surface area contributed by atoms with Crippen LogP contribution in [0.15, 0.2) is 24.3 Å². The van der Waals surface area contributed by atoms with Gasteiger partial charge in [-0.1, -0.05) is 12.1 Å². The molecule has 0 bridgehead atoms. The van der Waals surface area contributed by atoms with Crippen LogP contribution < -0.4 is 16.0 Å². The maximum atomic E-state index is 11.9. The van der Waals surface area contributed by atoms with Gasteiger partial charge in [0.05, 0.1) is 6.54 Å². The first-order chi connectivity index (χ1) is 11.0. The number of imide groups is 1. The number of carbonyl (C=O) groups excluding carboxylic acids is 3. The van der Waals surface area contributed by atoms with Crippen molar-refractivity contribution in [2.45, 2.75) is 25.4 Å². The summed E-state index contributed by atoms with van der Waals surface area (Å²) in [6.45, 7) is 0.787. The van der Waals surface area contributed by atoms with E-state index in [0.717, 1.165) is 18.4 Å². The average Bonchev–Trinajstić information content (AvgIpc) is 3.39. The van der Waals surface area contributed by atoms with Gasteiger partial charge in [0.2, 0.25) is 5.91 Å². The van der Waals surface area contributed by atoms with Crippen LogP contribution in [0.1, 0.15) is 28.8 Å². The van der Waals surface area contributed by atoms with E-state index in [1.165, 1.54) is 7.05 Å². The summed E-state index contributed by atoms with van der Waals surface area (Å²) in [4.78, 5) is 36.6. The molecule has 2 rings (SSSR count). The van der Waals surface area contributed by atoms with Crippen molar-refractivity contribution in [2.24, 2.45) is 0 Å². The number of carbonyl (C=O) groups is 3. The van der Waals surface area contributed by atoms with Gasteiger partial charge in [-0.05, 0) is 30.5 Å². The van der Waals surface area contributed by atoms with E-state index in [1.807, 2.05) is 17.0 Å². The summed E-state index contributed by atoms with van der Waals surface area (Å²) in [5, 5.41) is 7.21. The van der Waals surface area contributed by atoms with E-state index in [9.17, 15) is 14.4 Å². The van der Waals surface area contributed by atoms with Crippen molar-refractivity contribution in [2.75, 3.05) is 20.6 Å². The molecule has 1 aromatic rings. The number of benzene rings is 1. The number of nitrogens with one attached hydrogen (secondary N) is 3. The van der Waals surface area contributed by atoms with Crippen molar-refractivity contribution in [1.29, 1.82) is 0 Å². The Balaban J connectivity index is 1.95. The molecule has 7 heteroatoms.